The lowest BCUT2D eigenvalue weighted by molar-refractivity contribution is -0.119. The first kappa shape index (κ1) is 14.9. The Morgan fingerprint density at radius 2 is 1.94 bits per heavy atom. The second-order valence-corrected chi connectivity index (χ2v) is 3.70. The number of benzene rings is 1. The van der Waals surface area contributed by atoms with Crippen molar-refractivity contribution in [3.05, 3.63) is 29.8 Å². The Morgan fingerprint density at radius 3 is 2.38 bits per heavy atom. The van der Waals surface area contributed by atoms with Gasteiger partial charge in [-0.2, -0.15) is 0 Å². The van der Waals surface area contributed by atoms with Crippen LogP contribution in [0, 0.1) is 5.92 Å². The molecule has 1 amide bonds. The van der Waals surface area contributed by atoms with Crippen LogP contribution in [0.5, 0.6) is 0 Å². The summed E-state index contributed by atoms with van der Waals surface area (Å²) in [6.45, 7) is 4.45. The Labute approximate surface area is 103 Å². The highest BCUT2D eigenvalue weighted by molar-refractivity contribution is 5.92. The Balaban J connectivity index is 0.00000225. The van der Waals surface area contributed by atoms with E-state index in [0.29, 0.717) is 6.54 Å². The van der Waals surface area contributed by atoms with Gasteiger partial charge < -0.3 is 11.1 Å². The average molecular weight is 243 g/mol. The number of rotatable bonds is 4. The van der Waals surface area contributed by atoms with Gasteiger partial charge in [0.25, 0.3) is 0 Å². The Morgan fingerprint density at radius 1 is 1.38 bits per heavy atom. The number of carbonyl (C=O) groups excluding carboxylic acids is 1. The van der Waals surface area contributed by atoms with Gasteiger partial charge in [-0.25, -0.2) is 0 Å². The van der Waals surface area contributed by atoms with Gasteiger partial charge in [-0.15, -0.1) is 12.4 Å². The molecular weight excluding hydrogens is 224 g/mol. The minimum Gasteiger partial charge on any atom is -0.326 e. The van der Waals surface area contributed by atoms with Crippen LogP contribution in [0.1, 0.15) is 25.8 Å². The van der Waals surface area contributed by atoms with Crippen molar-refractivity contribution in [3.8, 4) is 0 Å². The minimum atomic E-state index is 0. The van der Waals surface area contributed by atoms with Crippen molar-refractivity contribution in [2.24, 2.45) is 11.7 Å². The zero-order valence-corrected chi connectivity index (χ0v) is 10.5. The summed E-state index contributed by atoms with van der Waals surface area (Å²) in [6, 6.07) is 7.60. The number of nitrogens with two attached hydrogens (primary N) is 1. The van der Waals surface area contributed by atoms with Crippen molar-refractivity contribution in [1.82, 2.24) is 0 Å². The van der Waals surface area contributed by atoms with Crippen LogP contribution in [0.4, 0.5) is 5.69 Å². The van der Waals surface area contributed by atoms with Gasteiger partial charge in [0.15, 0.2) is 0 Å². The molecule has 0 spiro atoms. The molecule has 0 heterocycles. The van der Waals surface area contributed by atoms with Crippen LogP contribution in [-0.4, -0.2) is 5.91 Å². The van der Waals surface area contributed by atoms with E-state index in [-0.39, 0.29) is 24.2 Å². The van der Waals surface area contributed by atoms with E-state index in [0.717, 1.165) is 17.7 Å². The van der Waals surface area contributed by atoms with Crippen LogP contribution in [0.2, 0.25) is 0 Å². The highest BCUT2D eigenvalue weighted by Crippen LogP contribution is 2.11. The number of nitrogens with one attached hydrogen (secondary N) is 1. The number of anilines is 1. The molecule has 0 fully saturated rings. The molecule has 90 valence electrons. The third-order valence-corrected chi connectivity index (χ3v) is 2.52. The average Bonchev–Trinajstić information content (AvgIpc) is 2.29. The summed E-state index contributed by atoms with van der Waals surface area (Å²) in [7, 11) is 0. The van der Waals surface area contributed by atoms with Crippen LogP contribution in [0.25, 0.3) is 0 Å². The van der Waals surface area contributed by atoms with E-state index in [1.807, 2.05) is 38.1 Å². The van der Waals surface area contributed by atoms with Gasteiger partial charge in [0, 0.05) is 18.2 Å². The number of hydrogen-bond donors (Lipinski definition) is 2. The predicted octanol–water partition coefficient (Wildman–Crippen LogP) is 2.55. The predicted molar refractivity (Wildman–Crippen MR) is 69.7 cm³/mol. The first-order chi connectivity index (χ1) is 7.17. The molecule has 1 atom stereocenters. The summed E-state index contributed by atoms with van der Waals surface area (Å²) in [5, 5.41) is 2.86. The van der Waals surface area contributed by atoms with Gasteiger partial charge >= 0.3 is 0 Å². The third kappa shape index (κ3) is 4.21. The monoisotopic (exact) mass is 242 g/mol. The summed E-state index contributed by atoms with van der Waals surface area (Å²) in [4.78, 5) is 11.6. The molecule has 1 rings (SSSR count). The van der Waals surface area contributed by atoms with Crippen LogP contribution < -0.4 is 11.1 Å². The molecule has 0 saturated carbocycles. The summed E-state index contributed by atoms with van der Waals surface area (Å²) in [6.07, 6.45) is 0.854. The first-order valence-corrected chi connectivity index (χ1v) is 5.27. The van der Waals surface area contributed by atoms with E-state index in [9.17, 15) is 4.79 Å². The zero-order chi connectivity index (χ0) is 11.3. The van der Waals surface area contributed by atoms with Crippen molar-refractivity contribution < 1.29 is 4.79 Å². The fraction of sp³-hybridized carbons (Fsp3) is 0.417. The summed E-state index contributed by atoms with van der Waals surface area (Å²) in [5.41, 5.74) is 7.38. The molecule has 3 nitrogen and oxygen atoms in total. The van der Waals surface area contributed by atoms with E-state index in [1.54, 1.807) is 0 Å². The second kappa shape index (κ2) is 7.25. The molecule has 0 aliphatic rings. The normalized spacial score (nSPS) is 11.4. The number of amides is 1. The molecule has 0 saturated heterocycles. The van der Waals surface area contributed by atoms with E-state index in [4.69, 9.17) is 5.73 Å². The summed E-state index contributed by atoms with van der Waals surface area (Å²) in [5.74, 6) is 0.122. The lowest BCUT2D eigenvalue weighted by Gasteiger charge is -2.10. The van der Waals surface area contributed by atoms with Crippen molar-refractivity contribution in [3.63, 3.8) is 0 Å². The molecule has 0 bridgehead atoms. The standard InChI is InChI=1S/C12H18N2O.ClH/c1-3-9(2)12(15)14-11-6-4-10(8-13)5-7-11;/h4-7,9H,3,8,13H2,1-2H3,(H,14,15);1H. The molecule has 0 aliphatic heterocycles. The second-order valence-electron chi connectivity index (χ2n) is 3.70. The number of halogens is 1. The molecule has 3 N–H and O–H groups in total. The van der Waals surface area contributed by atoms with Gasteiger partial charge in [-0.05, 0) is 24.1 Å². The zero-order valence-electron chi connectivity index (χ0n) is 9.69. The molecular formula is C12H19ClN2O. The highest BCUT2D eigenvalue weighted by Gasteiger charge is 2.09. The maximum absolute atomic E-state index is 11.6. The molecule has 0 aliphatic carbocycles. The third-order valence-electron chi connectivity index (χ3n) is 2.52. The molecule has 1 unspecified atom stereocenters. The van der Waals surface area contributed by atoms with Crippen LogP contribution in [0.15, 0.2) is 24.3 Å². The van der Waals surface area contributed by atoms with E-state index in [2.05, 4.69) is 5.32 Å². The highest BCUT2D eigenvalue weighted by atomic mass is 35.5. The largest absolute Gasteiger partial charge is 0.326 e. The maximum atomic E-state index is 11.6. The lowest BCUT2D eigenvalue weighted by Crippen LogP contribution is -2.19. The Hall–Kier alpha value is -1.06. The fourth-order valence-electron chi connectivity index (χ4n) is 1.18. The molecule has 4 heteroatoms. The van der Waals surface area contributed by atoms with Crippen LogP contribution in [0.3, 0.4) is 0 Å². The Bertz CT molecular complexity index is 324. The fourth-order valence-corrected chi connectivity index (χ4v) is 1.18. The van der Waals surface area contributed by atoms with Crippen molar-refractivity contribution in [2.75, 3.05) is 5.32 Å². The first-order valence-electron chi connectivity index (χ1n) is 5.27. The molecule has 0 radical (unpaired) electrons. The molecule has 0 aromatic heterocycles. The lowest BCUT2D eigenvalue weighted by atomic mass is 10.1. The molecule has 1 aromatic carbocycles. The molecule has 16 heavy (non-hydrogen) atoms. The van der Waals surface area contributed by atoms with Crippen molar-refractivity contribution in [2.45, 2.75) is 26.8 Å². The van der Waals surface area contributed by atoms with E-state index in [1.165, 1.54) is 0 Å². The Kier molecular flexibility index (Phi) is 6.77. The number of carbonyl (C=O) groups is 1. The summed E-state index contributed by atoms with van der Waals surface area (Å²) >= 11 is 0. The SMILES string of the molecule is CCC(C)C(=O)Nc1ccc(CN)cc1.Cl. The van der Waals surface area contributed by atoms with Gasteiger partial charge in [-0.1, -0.05) is 26.0 Å². The van der Waals surface area contributed by atoms with Crippen molar-refractivity contribution in [1.29, 1.82) is 0 Å². The van der Waals surface area contributed by atoms with E-state index >= 15 is 0 Å². The summed E-state index contributed by atoms with van der Waals surface area (Å²) < 4.78 is 0. The topological polar surface area (TPSA) is 55.1 Å². The minimum absolute atomic E-state index is 0. The molecule has 1 aromatic rings. The maximum Gasteiger partial charge on any atom is 0.227 e. The van der Waals surface area contributed by atoms with Gasteiger partial charge in [0.2, 0.25) is 5.91 Å². The van der Waals surface area contributed by atoms with Crippen LogP contribution >= 0.6 is 12.4 Å². The quantitative estimate of drug-likeness (QED) is 0.853. The van der Waals surface area contributed by atoms with Gasteiger partial charge in [0.05, 0.1) is 0 Å². The van der Waals surface area contributed by atoms with Gasteiger partial charge in [-0.3, -0.25) is 4.79 Å². The number of hydrogen-bond acceptors (Lipinski definition) is 2. The van der Waals surface area contributed by atoms with Crippen molar-refractivity contribution >= 4 is 24.0 Å². The van der Waals surface area contributed by atoms with Crippen LogP contribution in [-0.2, 0) is 11.3 Å². The smallest absolute Gasteiger partial charge is 0.227 e. The van der Waals surface area contributed by atoms with E-state index < -0.39 is 0 Å². The van der Waals surface area contributed by atoms with Gasteiger partial charge in [0.1, 0.15) is 0 Å².